The first kappa shape index (κ1) is 24.0. The van der Waals surface area contributed by atoms with E-state index < -0.39 is 11.0 Å². The standard InChI is InChI=1S/C30H37NO4/c1-18(32)30(35-19(2)33)15-14-27-25-12-8-21-16-23(34)11-13-24(21)28(25)26(17-29(27,30)3)20-6-9-22(10-7-20)31(4)5/h6-7,9-10,16,25-27H,8,11-15,17H2,1-5H3/t25?,26?,27?,29?,30-/m0/s1. The summed E-state index contributed by atoms with van der Waals surface area (Å²) in [5.41, 5.74) is 4.98. The van der Waals surface area contributed by atoms with Crippen molar-refractivity contribution in [3.63, 3.8) is 0 Å². The summed E-state index contributed by atoms with van der Waals surface area (Å²) < 4.78 is 6.00. The number of allylic oxidation sites excluding steroid dienone is 4. The lowest BCUT2D eigenvalue weighted by molar-refractivity contribution is -0.182. The number of fused-ring (bicyclic) bond motifs is 4. The van der Waals surface area contributed by atoms with E-state index in [0.29, 0.717) is 18.8 Å². The number of hydrogen-bond acceptors (Lipinski definition) is 5. The quantitative estimate of drug-likeness (QED) is 0.535. The molecule has 2 fully saturated rings. The van der Waals surface area contributed by atoms with Crippen LogP contribution in [-0.2, 0) is 19.1 Å². The van der Waals surface area contributed by atoms with E-state index in [1.807, 2.05) is 20.2 Å². The fourth-order valence-corrected chi connectivity index (χ4v) is 8.02. The highest BCUT2D eigenvalue weighted by Gasteiger charge is 2.67. The number of carbonyl (C=O) groups is 3. The maximum atomic E-state index is 13.2. The normalized spacial score (nSPS) is 33.9. The van der Waals surface area contributed by atoms with Crippen LogP contribution in [0.15, 0.2) is 47.1 Å². The summed E-state index contributed by atoms with van der Waals surface area (Å²) in [5.74, 6) is 0.584. The number of nitrogens with zero attached hydrogens (tertiary/aromatic N) is 1. The van der Waals surface area contributed by atoms with Crippen molar-refractivity contribution >= 4 is 23.2 Å². The number of hydrogen-bond donors (Lipinski definition) is 0. The monoisotopic (exact) mass is 475 g/mol. The summed E-state index contributed by atoms with van der Waals surface area (Å²) in [7, 11) is 4.08. The molecule has 5 heteroatoms. The van der Waals surface area contributed by atoms with Crippen LogP contribution in [0.4, 0.5) is 5.69 Å². The van der Waals surface area contributed by atoms with Crippen LogP contribution in [0.1, 0.15) is 77.2 Å². The largest absolute Gasteiger partial charge is 0.451 e. The highest BCUT2D eigenvalue weighted by atomic mass is 16.6. The van der Waals surface area contributed by atoms with Gasteiger partial charge in [-0.05, 0) is 92.2 Å². The van der Waals surface area contributed by atoms with Crippen molar-refractivity contribution in [1.29, 1.82) is 0 Å². The molecule has 4 aliphatic rings. The van der Waals surface area contributed by atoms with E-state index in [1.54, 1.807) is 6.92 Å². The molecule has 0 radical (unpaired) electrons. The highest BCUT2D eigenvalue weighted by Crippen LogP contribution is 2.67. The number of rotatable bonds is 4. The number of Topliss-reactive ketones (excluding diaryl/α,β-unsaturated/α-hetero) is 1. The van der Waals surface area contributed by atoms with E-state index in [-0.39, 0.29) is 29.4 Å². The van der Waals surface area contributed by atoms with Gasteiger partial charge in [-0.2, -0.15) is 0 Å². The number of anilines is 1. The molecule has 0 saturated heterocycles. The summed E-state index contributed by atoms with van der Waals surface area (Å²) >= 11 is 0. The molecule has 186 valence electrons. The van der Waals surface area contributed by atoms with E-state index >= 15 is 0 Å². The zero-order valence-corrected chi connectivity index (χ0v) is 21.6. The van der Waals surface area contributed by atoms with Crippen LogP contribution in [0.2, 0.25) is 0 Å². The van der Waals surface area contributed by atoms with Crippen molar-refractivity contribution in [2.45, 2.75) is 77.2 Å². The molecule has 1 aromatic rings. The second kappa shape index (κ2) is 8.46. The van der Waals surface area contributed by atoms with Gasteiger partial charge in [-0.15, -0.1) is 0 Å². The second-order valence-electron chi connectivity index (χ2n) is 11.5. The maximum Gasteiger partial charge on any atom is 0.303 e. The summed E-state index contributed by atoms with van der Waals surface area (Å²) in [6, 6.07) is 8.76. The number of esters is 1. The molecule has 2 saturated carbocycles. The number of benzene rings is 1. The average Bonchev–Trinajstić information content (AvgIpc) is 3.10. The summed E-state index contributed by atoms with van der Waals surface area (Å²) in [6.07, 6.45) is 7.41. The molecule has 0 aromatic heterocycles. The van der Waals surface area contributed by atoms with E-state index in [0.717, 1.165) is 37.8 Å². The van der Waals surface area contributed by atoms with Gasteiger partial charge >= 0.3 is 5.97 Å². The zero-order chi connectivity index (χ0) is 25.1. The average molecular weight is 476 g/mol. The first-order valence-electron chi connectivity index (χ1n) is 13.0. The molecule has 5 nitrogen and oxygen atoms in total. The minimum Gasteiger partial charge on any atom is -0.451 e. The van der Waals surface area contributed by atoms with Gasteiger partial charge in [0.2, 0.25) is 0 Å². The Balaban J connectivity index is 1.68. The van der Waals surface area contributed by atoms with E-state index in [9.17, 15) is 14.4 Å². The van der Waals surface area contributed by atoms with Gasteiger partial charge in [0.05, 0.1) is 0 Å². The third-order valence-corrected chi connectivity index (χ3v) is 9.55. The van der Waals surface area contributed by atoms with E-state index in [2.05, 4.69) is 36.1 Å². The molecule has 0 bridgehead atoms. The first-order chi connectivity index (χ1) is 16.6. The Morgan fingerprint density at radius 1 is 1.03 bits per heavy atom. The molecular formula is C30H37NO4. The molecule has 35 heavy (non-hydrogen) atoms. The van der Waals surface area contributed by atoms with Gasteiger partial charge < -0.3 is 9.64 Å². The minimum atomic E-state index is -1.07. The Hall–Kier alpha value is -2.69. The topological polar surface area (TPSA) is 63.7 Å². The molecular weight excluding hydrogens is 438 g/mol. The summed E-state index contributed by atoms with van der Waals surface area (Å²) in [6.45, 7) is 5.22. The third kappa shape index (κ3) is 3.61. The van der Waals surface area contributed by atoms with Crippen molar-refractivity contribution in [3.05, 3.63) is 52.6 Å². The van der Waals surface area contributed by atoms with Crippen molar-refractivity contribution in [2.75, 3.05) is 19.0 Å². The van der Waals surface area contributed by atoms with Gasteiger partial charge in [-0.1, -0.05) is 24.6 Å². The number of ether oxygens (including phenoxy) is 1. The van der Waals surface area contributed by atoms with E-state index in [4.69, 9.17) is 4.74 Å². The highest BCUT2D eigenvalue weighted by molar-refractivity contribution is 5.93. The van der Waals surface area contributed by atoms with Gasteiger partial charge in [-0.25, -0.2) is 0 Å². The molecule has 0 spiro atoms. The van der Waals surface area contributed by atoms with Gasteiger partial charge in [-0.3, -0.25) is 14.4 Å². The molecule has 1 aromatic carbocycles. The number of ketones is 2. The molecule has 4 aliphatic carbocycles. The lowest BCUT2D eigenvalue weighted by atomic mass is 9.50. The van der Waals surface area contributed by atoms with Crippen molar-refractivity contribution in [2.24, 2.45) is 17.3 Å². The van der Waals surface area contributed by atoms with Crippen LogP contribution in [0.5, 0.6) is 0 Å². The minimum absolute atomic E-state index is 0.0323. The fourth-order valence-electron chi connectivity index (χ4n) is 8.02. The molecule has 0 N–H and O–H groups in total. The third-order valence-electron chi connectivity index (χ3n) is 9.55. The molecule has 0 amide bonds. The van der Waals surface area contributed by atoms with Crippen LogP contribution in [0.25, 0.3) is 0 Å². The second-order valence-corrected chi connectivity index (χ2v) is 11.5. The van der Waals surface area contributed by atoms with Gasteiger partial charge in [0.15, 0.2) is 17.2 Å². The van der Waals surface area contributed by atoms with Crippen LogP contribution < -0.4 is 4.90 Å². The molecule has 0 aliphatic heterocycles. The van der Waals surface area contributed by atoms with E-state index in [1.165, 1.54) is 29.2 Å². The van der Waals surface area contributed by atoms with Crippen LogP contribution in [0, 0.1) is 17.3 Å². The molecule has 5 rings (SSSR count). The Morgan fingerprint density at radius 2 is 1.74 bits per heavy atom. The van der Waals surface area contributed by atoms with Crippen molar-refractivity contribution in [3.8, 4) is 0 Å². The predicted molar refractivity (Wildman–Crippen MR) is 136 cm³/mol. The Kier molecular flexibility index (Phi) is 5.81. The van der Waals surface area contributed by atoms with Crippen LogP contribution in [0.3, 0.4) is 0 Å². The van der Waals surface area contributed by atoms with Gasteiger partial charge in [0.25, 0.3) is 0 Å². The van der Waals surface area contributed by atoms with Crippen molar-refractivity contribution in [1.82, 2.24) is 0 Å². The Morgan fingerprint density at radius 3 is 2.37 bits per heavy atom. The molecule has 4 unspecified atom stereocenters. The first-order valence-corrected chi connectivity index (χ1v) is 13.0. The maximum absolute atomic E-state index is 13.2. The number of carbonyl (C=O) groups excluding carboxylic acids is 3. The fraction of sp³-hybridized carbons (Fsp3) is 0.567. The Labute approximate surface area is 208 Å². The van der Waals surface area contributed by atoms with Gasteiger partial charge in [0.1, 0.15) is 0 Å². The molecule has 5 atom stereocenters. The van der Waals surface area contributed by atoms with Crippen LogP contribution in [-0.4, -0.2) is 37.2 Å². The smallest absolute Gasteiger partial charge is 0.303 e. The molecule has 0 heterocycles. The van der Waals surface area contributed by atoms with Crippen molar-refractivity contribution < 1.29 is 19.1 Å². The summed E-state index contributed by atoms with van der Waals surface area (Å²) in [4.78, 5) is 39.8. The van der Waals surface area contributed by atoms with Gasteiger partial charge in [0, 0.05) is 44.5 Å². The summed E-state index contributed by atoms with van der Waals surface area (Å²) in [5, 5.41) is 0. The SMILES string of the molecule is CC(=O)O[C@]1(C(C)=O)CCC2C3CCC4=CC(=O)CCC4=C3C(c3ccc(N(C)C)cc3)CC21C. The Bertz CT molecular complexity index is 1140. The zero-order valence-electron chi connectivity index (χ0n) is 21.6. The van der Waals surface area contributed by atoms with Crippen LogP contribution >= 0.6 is 0 Å². The lowest BCUT2D eigenvalue weighted by Gasteiger charge is -2.55. The predicted octanol–water partition coefficient (Wildman–Crippen LogP) is 5.54. The lowest BCUT2D eigenvalue weighted by Crippen LogP contribution is -2.57.